The summed E-state index contributed by atoms with van der Waals surface area (Å²) in [5.41, 5.74) is 0. The maximum atomic E-state index is 11.0. The molecule has 1 rings (SSSR count). The quantitative estimate of drug-likeness (QED) is 0.586. The van der Waals surface area contributed by atoms with Gasteiger partial charge in [0, 0.05) is 25.5 Å². The van der Waals surface area contributed by atoms with E-state index in [-0.39, 0.29) is 6.54 Å². The molecule has 0 bridgehead atoms. The molecule has 0 aliphatic carbocycles. The summed E-state index contributed by atoms with van der Waals surface area (Å²) in [6, 6.07) is -0.449. The molecule has 0 saturated carbocycles. The third kappa shape index (κ3) is 6.18. The SMILES string of the molecule is O=C(O)CNC(=O)NCCCCn1ccnc1. The number of aryl methyl sites for hydroxylation is 1. The highest BCUT2D eigenvalue weighted by Gasteiger charge is 2.01. The van der Waals surface area contributed by atoms with E-state index in [1.807, 2.05) is 10.8 Å². The van der Waals surface area contributed by atoms with Crippen molar-refractivity contribution in [1.29, 1.82) is 0 Å². The van der Waals surface area contributed by atoms with Gasteiger partial charge in [0.15, 0.2) is 0 Å². The van der Waals surface area contributed by atoms with Crippen molar-refractivity contribution in [2.75, 3.05) is 13.1 Å². The molecule has 3 N–H and O–H groups in total. The third-order valence-corrected chi connectivity index (χ3v) is 2.09. The highest BCUT2D eigenvalue weighted by Crippen LogP contribution is 1.93. The number of rotatable bonds is 7. The molecule has 0 saturated heterocycles. The van der Waals surface area contributed by atoms with Gasteiger partial charge in [-0.05, 0) is 12.8 Å². The summed E-state index contributed by atoms with van der Waals surface area (Å²) in [4.78, 5) is 25.1. The lowest BCUT2D eigenvalue weighted by molar-refractivity contribution is -0.135. The molecule has 0 fully saturated rings. The first kappa shape index (κ1) is 13.0. The van der Waals surface area contributed by atoms with E-state index >= 15 is 0 Å². The van der Waals surface area contributed by atoms with Crippen LogP contribution in [0.25, 0.3) is 0 Å². The number of amides is 2. The molecule has 1 aromatic rings. The average Bonchev–Trinajstić information content (AvgIpc) is 2.79. The molecule has 0 atom stereocenters. The Balaban J connectivity index is 1.96. The van der Waals surface area contributed by atoms with Gasteiger partial charge < -0.3 is 20.3 Å². The number of nitrogens with zero attached hydrogens (tertiary/aromatic N) is 2. The Hall–Kier alpha value is -2.05. The lowest BCUT2D eigenvalue weighted by atomic mass is 10.3. The van der Waals surface area contributed by atoms with Gasteiger partial charge >= 0.3 is 12.0 Å². The number of hydrogen-bond donors (Lipinski definition) is 3. The van der Waals surface area contributed by atoms with Gasteiger partial charge in [-0.1, -0.05) is 0 Å². The van der Waals surface area contributed by atoms with Crippen LogP contribution in [0.4, 0.5) is 4.79 Å². The molecule has 2 amide bonds. The fourth-order valence-corrected chi connectivity index (χ4v) is 1.26. The number of unbranched alkanes of at least 4 members (excludes halogenated alkanes) is 1. The Bertz CT molecular complexity index is 350. The highest BCUT2D eigenvalue weighted by molar-refractivity contribution is 5.79. The topological polar surface area (TPSA) is 96.3 Å². The van der Waals surface area contributed by atoms with E-state index in [9.17, 15) is 9.59 Å². The number of hydrogen-bond acceptors (Lipinski definition) is 3. The largest absolute Gasteiger partial charge is 0.480 e. The van der Waals surface area contributed by atoms with Crippen molar-refractivity contribution in [3.8, 4) is 0 Å². The monoisotopic (exact) mass is 240 g/mol. The molecular formula is C10H16N4O3. The smallest absolute Gasteiger partial charge is 0.323 e. The number of carbonyl (C=O) groups is 2. The summed E-state index contributed by atoms with van der Waals surface area (Å²) in [5, 5.41) is 13.1. The standard InChI is InChI=1S/C10H16N4O3/c15-9(16)7-13-10(17)12-3-1-2-5-14-6-4-11-8-14/h4,6,8H,1-3,5,7H2,(H,15,16)(H2,12,13,17). The maximum absolute atomic E-state index is 11.0. The average molecular weight is 240 g/mol. The van der Waals surface area contributed by atoms with E-state index in [1.165, 1.54) is 0 Å². The molecule has 0 aliphatic heterocycles. The van der Waals surface area contributed by atoms with Crippen LogP contribution in [0.15, 0.2) is 18.7 Å². The van der Waals surface area contributed by atoms with Crippen LogP contribution in [0.3, 0.4) is 0 Å². The van der Waals surface area contributed by atoms with Crippen LogP contribution in [0.5, 0.6) is 0 Å². The summed E-state index contributed by atoms with van der Waals surface area (Å²) in [5.74, 6) is -1.06. The Morgan fingerprint density at radius 3 is 2.76 bits per heavy atom. The Kier molecular flexibility index (Phi) is 5.56. The molecule has 0 aliphatic rings. The van der Waals surface area contributed by atoms with Crippen molar-refractivity contribution in [1.82, 2.24) is 20.2 Å². The molecule has 0 spiro atoms. The zero-order chi connectivity index (χ0) is 12.5. The predicted octanol–water partition coefficient (Wildman–Crippen LogP) is 0.0471. The number of nitrogens with one attached hydrogen (secondary N) is 2. The molecule has 0 aromatic carbocycles. The lowest BCUT2D eigenvalue weighted by Gasteiger charge is -2.06. The van der Waals surface area contributed by atoms with E-state index < -0.39 is 12.0 Å². The fourth-order valence-electron chi connectivity index (χ4n) is 1.26. The van der Waals surface area contributed by atoms with Crippen molar-refractivity contribution in [3.05, 3.63) is 18.7 Å². The van der Waals surface area contributed by atoms with Crippen LogP contribution in [0.1, 0.15) is 12.8 Å². The van der Waals surface area contributed by atoms with Gasteiger partial charge in [0.1, 0.15) is 6.54 Å². The second-order valence-electron chi connectivity index (χ2n) is 3.51. The van der Waals surface area contributed by atoms with Crippen LogP contribution in [-0.4, -0.2) is 39.7 Å². The fraction of sp³-hybridized carbons (Fsp3) is 0.500. The lowest BCUT2D eigenvalue weighted by Crippen LogP contribution is -2.38. The summed E-state index contributed by atoms with van der Waals surface area (Å²) in [7, 11) is 0. The Morgan fingerprint density at radius 1 is 1.29 bits per heavy atom. The van der Waals surface area contributed by atoms with Crippen molar-refractivity contribution in [2.45, 2.75) is 19.4 Å². The summed E-state index contributed by atoms with van der Waals surface area (Å²) in [6.07, 6.45) is 7.10. The Morgan fingerprint density at radius 2 is 2.12 bits per heavy atom. The van der Waals surface area contributed by atoms with Gasteiger partial charge in [-0.25, -0.2) is 9.78 Å². The third-order valence-electron chi connectivity index (χ3n) is 2.09. The zero-order valence-corrected chi connectivity index (χ0v) is 9.43. The molecule has 1 heterocycles. The number of urea groups is 1. The minimum atomic E-state index is -1.06. The minimum Gasteiger partial charge on any atom is -0.480 e. The number of aliphatic carboxylic acids is 1. The zero-order valence-electron chi connectivity index (χ0n) is 9.43. The van der Waals surface area contributed by atoms with Crippen molar-refractivity contribution >= 4 is 12.0 Å². The first-order valence-electron chi connectivity index (χ1n) is 5.37. The van der Waals surface area contributed by atoms with Crippen molar-refractivity contribution in [3.63, 3.8) is 0 Å². The number of carboxylic acids is 1. The van der Waals surface area contributed by atoms with Gasteiger partial charge in [-0.2, -0.15) is 0 Å². The van der Waals surface area contributed by atoms with Gasteiger partial charge in [0.25, 0.3) is 0 Å². The number of imidazole rings is 1. The van der Waals surface area contributed by atoms with E-state index in [1.54, 1.807) is 12.5 Å². The Labute approximate surface area is 98.8 Å². The predicted molar refractivity (Wildman–Crippen MR) is 60.5 cm³/mol. The van der Waals surface area contributed by atoms with E-state index in [4.69, 9.17) is 5.11 Å². The summed E-state index contributed by atoms with van der Waals surface area (Å²) < 4.78 is 1.96. The molecule has 1 aromatic heterocycles. The van der Waals surface area contributed by atoms with E-state index in [0.29, 0.717) is 6.54 Å². The van der Waals surface area contributed by atoms with Crippen LogP contribution in [0, 0.1) is 0 Å². The summed E-state index contributed by atoms with van der Waals surface area (Å²) in [6.45, 7) is 1.03. The maximum Gasteiger partial charge on any atom is 0.323 e. The normalized spacial score (nSPS) is 9.88. The van der Waals surface area contributed by atoms with Crippen LogP contribution in [-0.2, 0) is 11.3 Å². The van der Waals surface area contributed by atoms with Crippen molar-refractivity contribution < 1.29 is 14.7 Å². The first-order chi connectivity index (χ1) is 8.18. The van der Waals surface area contributed by atoms with Gasteiger partial charge in [-0.15, -0.1) is 0 Å². The first-order valence-corrected chi connectivity index (χ1v) is 5.37. The second kappa shape index (κ2) is 7.26. The molecule has 7 nitrogen and oxygen atoms in total. The number of carbonyl (C=O) groups excluding carboxylic acids is 1. The molecule has 17 heavy (non-hydrogen) atoms. The number of aromatic nitrogens is 2. The minimum absolute atomic E-state index is 0.360. The van der Waals surface area contributed by atoms with Crippen LogP contribution >= 0.6 is 0 Å². The van der Waals surface area contributed by atoms with Crippen molar-refractivity contribution in [2.24, 2.45) is 0 Å². The molecule has 94 valence electrons. The molecular weight excluding hydrogens is 224 g/mol. The van der Waals surface area contributed by atoms with Gasteiger partial charge in [-0.3, -0.25) is 4.79 Å². The van der Waals surface area contributed by atoms with E-state index in [0.717, 1.165) is 19.4 Å². The van der Waals surface area contributed by atoms with Gasteiger partial charge in [0.05, 0.1) is 6.33 Å². The highest BCUT2D eigenvalue weighted by atomic mass is 16.4. The van der Waals surface area contributed by atoms with Gasteiger partial charge in [0.2, 0.25) is 0 Å². The molecule has 7 heteroatoms. The van der Waals surface area contributed by atoms with Crippen LogP contribution in [0.2, 0.25) is 0 Å². The van der Waals surface area contributed by atoms with E-state index in [2.05, 4.69) is 15.6 Å². The molecule has 0 radical (unpaired) electrons. The second-order valence-corrected chi connectivity index (χ2v) is 3.51. The number of carboxylic acid groups (broad SMARTS) is 1. The van der Waals surface area contributed by atoms with Crippen LogP contribution < -0.4 is 10.6 Å². The molecule has 0 unspecified atom stereocenters. The summed E-state index contributed by atoms with van der Waals surface area (Å²) >= 11 is 0.